The lowest BCUT2D eigenvalue weighted by Gasteiger charge is -2.14. The summed E-state index contributed by atoms with van der Waals surface area (Å²) in [6.07, 6.45) is 0. The average molecular weight is 713 g/mol. The first-order valence-electron chi connectivity index (χ1n) is 19.1. The van der Waals surface area contributed by atoms with Crippen LogP contribution in [0.1, 0.15) is 0 Å². The van der Waals surface area contributed by atoms with E-state index in [1.807, 2.05) is 6.07 Å². The lowest BCUT2D eigenvalue weighted by molar-refractivity contribution is 1.02. The summed E-state index contributed by atoms with van der Waals surface area (Å²) in [7, 11) is 0. The summed E-state index contributed by atoms with van der Waals surface area (Å²) in [6.45, 7) is 0. The van der Waals surface area contributed by atoms with E-state index >= 15 is 0 Å². The molecule has 0 unspecified atom stereocenters. The van der Waals surface area contributed by atoms with Gasteiger partial charge in [0.15, 0.2) is 0 Å². The van der Waals surface area contributed by atoms with E-state index in [1.165, 1.54) is 59.9 Å². The Bertz CT molecular complexity index is 3540. The van der Waals surface area contributed by atoms with Crippen LogP contribution in [0.5, 0.6) is 0 Å². The van der Waals surface area contributed by atoms with Crippen LogP contribution in [-0.4, -0.2) is 19.1 Å². The van der Waals surface area contributed by atoms with E-state index in [-0.39, 0.29) is 0 Å². The second kappa shape index (κ2) is 12.0. The summed E-state index contributed by atoms with van der Waals surface area (Å²) in [6, 6.07) is 69.7. The maximum atomic E-state index is 5.36. The van der Waals surface area contributed by atoms with Crippen LogP contribution < -0.4 is 0 Å². The molecule has 0 saturated carbocycles. The maximum absolute atomic E-state index is 5.36. The molecule has 56 heavy (non-hydrogen) atoms. The summed E-state index contributed by atoms with van der Waals surface area (Å²) >= 11 is 0. The van der Waals surface area contributed by atoms with Gasteiger partial charge in [-0.1, -0.05) is 152 Å². The van der Waals surface area contributed by atoms with E-state index < -0.39 is 0 Å². The molecule has 0 aliphatic rings. The second-order valence-electron chi connectivity index (χ2n) is 14.6. The predicted molar refractivity (Wildman–Crippen MR) is 234 cm³/mol. The quantitative estimate of drug-likeness (QED) is 0.182. The molecule has 3 heterocycles. The van der Waals surface area contributed by atoms with Crippen molar-refractivity contribution in [3.8, 4) is 34.0 Å². The number of hydrogen-bond acceptors (Lipinski definition) is 2. The minimum absolute atomic E-state index is 0.660. The first-order valence-corrected chi connectivity index (χ1v) is 19.1. The highest BCUT2D eigenvalue weighted by atomic mass is 15.2. The Morgan fingerprint density at radius 3 is 1.79 bits per heavy atom. The third kappa shape index (κ3) is 4.53. The fourth-order valence-corrected chi connectivity index (χ4v) is 8.98. The Balaban J connectivity index is 1.14. The number of aromatic nitrogens is 4. The maximum Gasteiger partial charge on any atom is 0.235 e. The third-order valence-corrected chi connectivity index (χ3v) is 11.5. The zero-order valence-corrected chi connectivity index (χ0v) is 30.3. The molecule has 0 amide bonds. The van der Waals surface area contributed by atoms with Gasteiger partial charge in [-0.3, -0.25) is 4.57 Å². The summed E-state index contributed by atoms with van der Waals surface area (Å²) in [4.78, 5) is 10.6. The Morgan fingerprint density at radius 1 is 0.339 bits per heavy atom. The topological polar surface area (TPSA) is 35.6 Å². The van der Waals surface area contributed by atoms with Crippen molar-refractivity contribution < 1.29 is 0 Å². The first kappa shape index (κ1) is 30.9. The van der Waals surface area contributed by atoms with E-state index in [0.717, 1.165) is 44.3 Å². The Hall–Kier alpha value is -7.56. The molecule has 0 fully saturated rings. The number of para-hydroxylation sites is 3. The molecular formula is C52H32N4. The molecule has 9 aromatic carbocycles. The van der Waals surface area contributed by atoms with Crippen LogP contribution in [0.2, 0.25) is 0 Å². The van der Waals surface area contributed by atoms with Crippen molar-refractivity contribution in [3.05, 3.63) is 194 Å². The SMILES string of the molecule is c1ccc(-c2nc(-n3c4ccccc4c4cc(-c5ccc6c7ccccc7n(-c7ccc8ccccc8c7)c6c5)c5ccccc5c43)nc3ccccc23)cc1. The number of fused-ring (bicyclic) bond motifs is 10. The number of nitrogens with zero attached hydrogens (tertiary/aromatic N) is 4. The fraction of sp³-hybridized carbons (Fsp3) is 0. The Morgan fingerprint density at radius 2 is 0.964 bits per heavy atom. The summed E-state index contributed by atoms with van der Waals surface area (Å²) in [5.74, 6) is 0.660. The van der Waals surface area contributed by atoms with Crippen LogP contribution in [0.4, 0.5) is 0 Å². The van der Waals surface area contributed by atoms with Gasteiger partial charge in [0.25, 0.3) is 0 Å². The largest absolute Gasteiger partial charge is 0.309 e. The molecule has 0 atom stereocenters. The summed E-state index contributed by atoms with van der Waals surface area (Å²) in [5, 5.41) is 10.7. The van der Waals surface area contributed by atoms with E-state index in [1.54, 1.807) is 0 Å². The Labute approximate surface area is 322 Å². The molecule has 0 aliphatic heterocycles. The molecule has 0 N–H and O–H groups in total. The van der Waals surface area contributed by atoms with Crippen LogP contribution >= 0.6 is 0 Å². The van der Waals surface area contributed by atoms with E-state index in [2.05, 4.69) is 197 Å². The van der Waals surface area contributed by atoms with Gasteiger partial charge in [0, 0.05) is 43.6 Å². The van der Waals surface area contributed by atoms with Gasteiger partial charge in [-0.15, -0.1) is 0 Å². The van der Waals surface area contributed by atoms with Crippen LogP contribution in [0, 0.1) is 0 Å². The first-order chi connectivity index (χ1) is 27.8. The van der Waals surface area contributed by atoms with Crippen molar-refractivity contribution in [2.75, 3.05) is 0 Å². The van der Waals surface area contributed by atoms with Crippen molar-refractivity contribution >= 4 is 76.1 Å². The fourth-order valence-electron chi connectivity index (χ4n) is 8.98. The van der Waals surface area contributed by atoms with Crippen LogP contribution in [0.3, 0.4) is 0 Å². The summed E-state index contributed by atoms with van der Waals surface area (Å²) in [5.41, 5.74) is 11.0. The monoisotopic (exact) mass is 712 g/mol. The van der Waals surface area contributed by atoms with Gasteiger partial charge in [0.05, 0.1) is 33.3 Å². The molecule has 0 saturated heterocycles. The zero-order chi connectivity index (χ0) is 36.7. The molecule has 0 radical (unpaired) electrons. The number of benzene rings is 9. The van der Waals surface area contributed by atoms with Gasteiger partial charge in [-0.25, -0.2) is 9.97 Å². The predicted octanol–water partition coefficient (Wildman–Crippen LogP) is 13.5. The highest BCUT2D eigenvalue weighted by Gasteiger charge is 2.22. The average Bonchev–Trinajstić information content (AvgIpc) is 3.78. The minimum Gasteiger partial charge on any atom is -0.309 e. The molecule has 0 aliphatic carbocycles. The highest BCUT2D eigenvalue weighted by molar-refractivity contribution is 6.22. The van der Waals surface area contributed by atoms with Gasteiger partial charge >= 0.3 is 0 Å². The smallest absolute Gasteiger partial charge is 0.235 e. The van der Waals surface area contributed by atoms with Crippen molar-refractivity contribution in [1.82, 2.24) is 19.1 Å². The molecule has 4 nitrogen and oxygen atoms in total. The van der Waals surface area contributed by atoms with E-state index in [4.69, 9.17) is 9.97 Å². The molecule has 12 aromatic rings. The standard InChI is InChI=1S/C52H32N4/c1-2-15-34(16-3-1)50-43-22-8-11-23-46(43)53-52(54-50)56-48-25-13-10-20-40(48)45-32-44(38-18-6-7-21-42(38)51(45)56)36-27-29-41-39-19-9-12-24-47(39)55(49(41)31-36)37-28-26-33-14-4-5-17-35(33)30-37/h1-32H. The molecule has 12 rings (SSSR count). The van der Waals surface area contributed by atoms with Crippen molar-refractivity contribution in [1.29, 1.82) is 0 Å². The van der Waals surface area contributed by atoms with Gasteiger partial charge in [0.2, 0.25) is 5.95 Å². The molecule has 4 heteroatoms. The zero-order valence-electron chi connectivity index (χ0n) is 30.3. The van der Waals surface area contributed by atoms with E-state index in [9.17, 15) is 0 Å². The second-order valence-corrected chi connectivity index (χ2v) is 14.6. The molecular weight excluding hydrogens is 681 g/mol. The summed E-state index contributed by atoms with van der Waals surface area (Å²) < 4.78 is 4.70. The highest BCUT2D eigenvalue weighted by Crippen LogP contribution is 2.43. The number of rotatable bonds is 4. The third-order valence-electron chi connectivity index (χ3n) is 11.5. The lowest BCUT2D eigenvalue weighted by Crippen LogP contribution is -2.03. The Kier molecular flexibility index (Phi) is 6.60. The molecule has 0 spiro atoms. The van der Waals surface area contributed by atoms with Crippen molar-refractivity contribution in [2.24, 2.45) is 0 Å². The van der Waals surface area contributed by atoms with Gasteiger partial charge < -0.3 is 4.57 Å². The van der Waals surface area contributed by atoms with Crippen LogP contribution in [-0.2, 0) is 0 Å². The van der Waals surface area contributed by atoms with Gasteiger partial charge in [-0.05, 0) is 69.8 Å². The van der Waals surface area contributed by atoms with E-state index in [0.29, 0.717) is 5.95 Å². The minimum atomic E-state index is 0.660. The molecule has 0 bridgehead atoms. The van der Waals surface area contributed by atoms with Gasteiger partial charge in [-0.2, -0.15) is 0 Å². The molecule has 260 valence electrons. The van der Waals surface area contributed by atoms with Gasteiger partial charge in [0.1, 0.15) is 0 Å². The van der Waals surface area contributed by atoms with Crippen LogP contribution in [0.25, 0.3) is 110 Å². The number of hydrogen-bond donors (Lipinski definition) is 0. The normalized spacial score (nSPS) is 11.9. The van der Waals surface area contributed by atoms with Crippen LogP contribution in [0.15, 0.2) is 194 Å². The van der Waals surface area contributed by atoms with Crippen molar-refractivity contribution in [3.63, 3.8) is 0 Å². The van der Waals surface area contributed by atoms with Crippen molar-refractivity contribution in [2.45, 2.75) is 0 Å². The lowest BCUT2D eigenvalue weighted by atomic mass is 9.94. The molecule has 3 aromatic heterocycles.